The van der Waals surface area contributed by atoms with Crippen molar-refractivity contribution in [3.05, 3.63) is 140 Å². The third-order valence-corrected chi connectivity index (χ3v) is 8.98. The molecule has 0 bridgehead atoms. The average Bonchev–Trinajstić information content (AvgIpc) is 3.65. The van der Waals surface area contributed by atoms with Crippen LogP contribution in [0.1, 0.15) is 0 Å². The Hall–Kier alpha value is -6.00. The predicted octanol–water partition coefficient (Wildman–Crippen LogP) is 10.6. The van der Waals surface area contributed by atoms with Gasteiger partial charge in [0.05, 0.1) is 11.0 Å². The van der Waals surface area contributed by atoms with Crippen LogP contribution in [0, 0.1) is 0 Å². The minimum atomic E-state index is 0.667. The minimum Gasteiger partial charge on any atom is -0.450 e. The first-order valence-corrected chi connectivity index (χ1v) is 14.8. The van der Waals surface area contributed by atoms with Gasteiger partial charge in [-0.05, 0) is 45.1 Å². The van der Waals surface area contributed by atoms with Gasteiger partial charge in [-0.1, -0.05) is 121 Å². The molecule has 0 spiro atoms. The lowest BCUT2D eigenvalue weighted by Gasteiger charge is -2.10. The highest BCUT2D eigenvalue weighted by atomic mass is 16.3. The van der Waals surface area contributed by atoms with E-state index in [4.69, 9.17) is 14.4 Å². The first-order chi connectivity index (χ1) is 21.8. The average molecular weight is 562 g/mol. The lowest BCUT2D eigenvalue weighted by molar-refractivity contribution is 0.666. The summed E-state index contributed by atoms with van der Waals surface area (Å²) in [6, 6.07) is 49.0. The van der Waals surface area contributed by atoms with E-state index in [0.717, 1.165) is 49.7 Å². The van der Waals surface area contributed by atoms with Crippen LogP contribution in [0.3, 0.4) is 0 Å². The molecule has 0 radical (unpaired) electrons. The van der Waals surface area contributed by atoms with Gasteiger partial charge in [-0.3, -0.25) is 4.57 Å². The zero-order valence-electron chi connectivity index (χ0n) is 23.5. The molecule has 0 saturated heterocycles. The number of aromatic nitrogens is 3. The maximum Gasteiger partial charge on any atom is 0.197 e. The molecule has 10 rings (SSSR count). The van der Waals surface area contributed by atoms with Crippen molar-refractivity contribution in [1.82, 2.24) is 14.5 Å². The lowest BCUT2D eigenvalue weighted by atomic mass is 10.00. The summed E-state index contributed by atoms with van der Waals surface area (Å²) in [5, 5.41) is 10.5. The molecule has 0 atom stereocenters. The molecule has 0 aliphatic heterocycles. The number of hydrogen-bond acceptors (Lipinski definition) is 3. The molecule has 204 valence electrons. The molecule has 0 aliphatic rings. The molecule has 7 aromatic carbocycles. The largest absolute Gasteiger partial charge is 0.450 e. The summed E-state index contributed by atoms with van der Waals surface area (Å²) in [5.41, 5.74) is 5.44. The Morgan fingerprint density at radius 1 is 0.432 bits per heavy atom. The highest BCUT2D eigenvalue weighted by Crippen LogP contribution is 2.43. The Morgan fingerprint density at radius 3 is 1.64 bits per heavy atom. The van der Waals surface area contributed by atoms with E-state index in [1.165, 1.54) is 32.3 Å². The van der Waals surface area contributed by atoms with E-state index in [9.17, 15) is 0 Å². The molecule has 10 aromatic rings. The summed E-state index contributed by atoms with van der Waals surface area (Å²) in [6.45, 7) is 0. The first-order valence-electron chi connectivity index (χ1n) is 14.8. The summed E-state index contributed by atoms with van der Waals surface area (Å²) < 4.78 is 9.12. The van der Waals surface area contributed by atoms with Crippen molar-refractivity contribution >= 4 is 76.2 Å². The fourth-order valence-corrected chi connectivity index (χ4v) is 7.00. The molecule has 0 N–H and O–H groups in total. The molecule has 0 fully saturated rings. The second kappa shape index (κ2) is 8.76. The Bertz CT molecular complexity index is 2680. The lowest BCUT2D eigenvalue weighted by Crippen LogP contribution is -2.01. The fraction of sp³-hybridized carbons (Fsp3) is 0. The van der Waals surface area contributed by atoms with Gasteiger partial charge in [0.15, 0.2) is 17.2 Å². The van der Waals surface area contributed by atoms with Gasteiger partial charge in [0, 0.05) is 27.1 Å². The van der Waals surface area contributed by atoms with Crippen LogP contribution in [0.2, 0.25) is 0 Å². The summed E-state index contributed by atoms with van der Waals surface area (Å²) in [7, 11) is 0. The van der Waals surface area contributed by atoms with Crippen LogP contribution >= 0.6 is 0 Å². The van der Waals surface area contributed by atoms with E-state index >= 15 is 0 Å². The number of nitrogens with zero attached hydrogens (tertiary/aromatic N) is 3. The maximum absolute atomic E-state index is 6.84. The van der Waals surface area contributed by atoms with Gasteiger partial charge in [-0.2, -0.15) is 0 Å². The molecule has 0 saturated carbocycles. The molecule has 0 unspecified atom stereocenters. The van der Waals surface area contributed by atoms with Gasteiger partial charge >= 0.3 is 0 Å². The van der Waals surface area contributed by atoms with Crippen LogP contribution in [0.4, 0.5) is 0 Å². The maximum atomic E-state index is 6.84. The van der Waals surface area contributed by atoms with Crippen molar-refractivity contribution in [2.75, 3.05) is 0 Å². The van der Waals surface area contributed by atoms with Crippen molar-refractivity contribution in [2.24, 2.45) is 0 Å². The topological polar surface area (TPSA) is 43.9 Å². The monoisotopic (exact) mass is 561 g/mol. The Labute approximate surface area is 251 Å². The van der Waals surface area contributed by atoms with E-state index in [0.29, 0.717) is 11.4 Å². The summed E-state index contributed by atoms with van der Waals surface area (Å²) in [5.74, 6) is 1.40. The van der Waals surface area contributed by atoms with Crippen LogP contribution in [0.25, 0.3) is 93.4 Å². The second-order valence-electron chi connectivity index (χ2n) is 11.4. The molecular formula is C40H23N3O. The van der Waals surface area contributed by atoms with Gasteiger partial charge in [0.2, 0.25) is 0 Å². The van der Waals surface area contributed by atoms with Crippen molar-refractivity contribution in [3.8, 4) is 17.2 Å². The number of furan rings is 1. The van der Waals surface area contributed by atoms with Crippen molar-refractivity contribution in [1.29, 1.82) is 0 Å². The van der Waals surface area contributed by atoms with E-state index in [1.807, 2.05) is 18.2 Å². The molecule has 4 heteroatoms. The Balaban J connectivity index is 1.44. The van der Waals surface area contributed by atoms with Crippen molar-refractivity contribution in [3.63, 3.8) is 0 Å². The Kier molecular flexibility index (Phi) is 4.69. The highest BCUT2D eigenvalue weighted by molar-refractivity contribution is 6.29. The molecule has 3 heterocycles. The smallest absolute Gasteiger partial charge is 0.197 e. The van der Waals surface area contributed by atoms with Crippen LogP contribution in [0.15, 0.2) is 144 Å². The minimum absolute atomic E-state index is 0.667. The number of benzene rings is 7. The first kappa shape index (κ1) is 23.6. The van der Waals surface area contributed by atoms with Gasteiger partial charge in [0.25, 0.3) is 0 Å². The molecular weight excluding hydrogens is 538 g/mol. The summed E-state index contributed by atoms with van der Waals surface area (Å²) in [4.78, 5) is 10.5. The molecule has 3 aromatic heterocycles. The zero-order valence-corrected chi connectivity index (χ0v) is 23.5. The van der Waals surface area contributed by atoms with E-state index in [1.54, 1.807) is 0 Å². The van der Waals surface area contributed by atoms with Crippen molar-refractivity contribution in [2.45, 2.75) is 0 Å². The SMILES string of the molecule is c1ccc(-c2nc(-n3c4ccc5ccccc5c4c4c5ccccc5ccc43)c3oc4c5ccccc5ccc4c3n2)cc1. The van der Waals surface area contributed by atoms with Crippen molar-refractivity contribution < 1.29 is 4.42 Å². The van der Waals surface area contributed by atoms with Crippen LogP contribution in [0.5, 0.6) is 0 Å². The fourth-order valence-electron chi connectivity index (χ4n) is 7.00. The second-order valence-corrected chi connectivity index (χ2v) is 11.4. The highest BCUT2D eigenvalue weighted by Gasteiger charge is 2.24. The number of fused-ring (bicyclic) bond motifs is 12. The van der Waals surface area contributed by atoms with Crippen LogP contribution < -0.4 is 0 Å². The number of rotatable bonds is 2. The van der Waals surface area contributed by atoms with E-state index in [-0.39, 0.29) is 0 Å². The summed E-state index contributed by atoms with van der Waals surface area (Å²) in [6.07, 6.45) is 0. The van der Waals surface area contributed by atoms with Gasteiger partial charge in [-0.15, -0.1) is 0 Å². The summed E-state index contributed by atoms with van der Waals surface area (Å²) >= 11 is 0. The van der Waals surface area contributed by atoms with E-state index < -0.39 is 0 Å². The van der Waals surface area contributed by atoms with Gasteiger partial charge < -0.3 is 4.42 Å². The molecule has 0 aliphatic carbocycles. The third kappa shape index (κ3) is 3.17. The van der Waals surface area contributed by atoms with Gasteiger partial charge in [-0.25, -0.2) is 9.97 Å². The normalized spacial score (nSPS) is 12.1. The molecule has 0 amide bonds. The molecule has 44 heavy (non-hydrogen) atoms. The standard InChI is InChI=1S/C40H23N3O/c1-2-13-27(14-3-1)39-41-36-31-21-18-26-12-6-9-17-30(26)37(31)44-38(36)40(42-39)43-32-22-19-24-10-4-7-15-28(24)34(32)35-29-16-8-5-11-25(29)20-23-33(35)43/h1-23H. The Morgan fingerprint density at radius 2 is 0.977 bits per heavy atom. The third-order valence-electron chi connectivity index (χ3n) is 8.98. The predicted molar refractivity (Wildman–Crippen MR) is 182 cm³/mol. The molecule has 4 nitrogen and oxygen atoms in total. The van der Waals surface area contributed by atoms with Crippen LogP contribution in [-0.2, 0) is 0 Å². The van der Waals surface area contributed by atoms with E-state index in [2.05, 4.69) is 126 Å². The zero-order chi connectivity index (χ0) is 28.8. The number of hydrogen-bond donors (Lipinski definition) is 0. The quantitative estimate of drug-likeness (QED) is 0.211. The van der Waals surface area contributed by atoms with Gasteiger partial charge in [0.1, 0.15) is 11.1 Å². The van der Waals surface area contributed by atoms with Crippen LogP contribution in [-0.4, -0.2) is 14.5 Å².